The van der Waals surface area contributed by atoms with E-state index in [9.17, 15) is 4.79 Å². The molecule has 0 bridgehead atoms. The van der Waals surface area contributed by atoms with Crippen molar-refractivity contribution in [2.75, 3.05) is 19.7 Å². The highest BCUT2D eigenvalue weighted by atomic mass is 35.5. The van der Waals surface area contributed by atoms with Crippen LogP contribution >= 0.6 is 11.6 Å². The summed E-state index contributed by atoms with van der Waals surface area (Å²) in [6.07, 6.45) is 2.60. The van der Waals surface area contributed by atoms with E-state index in [1.165, 1.54) is 0 Å². The van der Waals surface area contributed by atoms with Gasteiger partial charge in [0.1, 0.15) is 5.60 Å². The number of unbranched alkanes of at least 4 members (excludes halogenated alkanes) is 1. The van der Waals surface area contributed by atoms with Gasteiger partial charge in [-0.1, -0.05) is 23.7 Å². The van der Waals surface area contributed by atoms with Crippen LogP contribution < -0.4 is 0 Å². The Kier molecular flexibility index (Phi) is 7.94. The first-order valence-electron chi connectivity index (χ1n) is 9.52. The van der Waals surface area contributed by atoms with Crippen LogP contribution in [0.25, 0.3) is 0 Å². The molecule has 5 nitrogen and oxygen atoms in total. The minimum Gasteiger partial charge on any atom is -0.444 e. The van der Waals surface area contributed by atoms with Crippen molar-refractivity contribution < 1.29 is 14.3 Å². The van der Waals surface area contributed by atoms with Crippen LogP contribution in [-0.2, 0) is 9.47 Å². The summed E-state index contributed by atoms with van der Waals surface area (Å²) in [6, 6.07) is 9.82. The molecule has 1 aromatic carbocycles. The van der Waals surface area contributed by atoms with E-state index < -0.39 is 5.60 Å². The maximum atomic E-state index is 12.5. The molecule has 1 heterocycles. The molecule has 0 spiro atoms. The monoisotopic (exact) mass is 392 g/mol. The molecule has 0 aromatic heterocycles. The van der Waals surface area contributed by atoms with Crippen molar-refractivity contribution in [2.24, 2.45) is 5.92 Å². The first-order chi connectivity index (χ1) is 12.8. The number of nitrogens with zero attached hydrogens (tertiary/aromatic N) is 2. The van der Waals surface area contributed by atoms with Crippen LogP contribution in [0.2, 0.25) is 5.02 Å². The number of nitriles is 1. The van der Waals surface area contributed by atoms with Gasteiger partial charge in [-0.2, -0.15) is 5.26 Å². The number of carbonyl (C=O) groups is 1. The molecule has 1 unspecified atom stereocenters. The molecule has 1 aliphatic heterocycles. The van der Waals surface area contributed by atoms with E-state index >= 15 is 0 Å². The van der Waals surface area contributed by atoms with E-state index in [1.807, 2.05) is 45.0 Å². The minimum atomic E-state index is -0.510. The molecule has 2 rings (SSSR count). The molecule has 2 atom stereocenters. The number of halogens is 1. The first kappa shape index (κ1) is 21.5. The fraction of sp³-hybridized carbons (Fsp3) is 0.619. The summed E-state index contributed by atoms with van der Waals surface area (Å²) in [5.41, 5.74) is 0.500. The number of carbonyl (C=O) groups excluding carboxylic acids is 1. The van der Waals surface area contributed by atoms with Gasteiger partial charge in [0.25, 0.3) is 0 Å². The quantitative estimate of drug-likeness (QED) is 0.612. The van der Waals surface area contributed by atoms with E-state index in [1.54, 1.807) is 4.90 Å². The fourth-order valence-electron chi connectivity index (χ4n) is 3.30. The summed E-state index contributed by atoms with van der Waals surface area (Å²) in [5.74, 6) is 0.159. The molecule has 0 radical (unpaired) electrons. The zero-order valence-electron chi connectivity index (χ0n) is 16.4. The molecule has 1 amide bonds. The lowest BCUT2D eigenvalue weighted by Gasteiger charge is -2.37. The van der Waals surface area contributed by atoms with Gasteiger partial charge in [-0.05, 0) is 57.7 Å². The second-order valence-electron chi connectivity index (χ2n) is 7.94. The largest absolute Gasteiger partial charge is 0.444 e. The van der Waals surface area contributed by atoms with Gasteiger partial charge >= 0.3 is 6.09 Å². The number of piperidine rings is 1. The van der Waals surface area contributed by atoms with E-state index in [2.05, 4.69) is 6.07 Å². The predicted molar refractivity (Wildman–Crippen MR) is 106 cm³/mol. The summed E-state index contributed by atoms with van der Waals surface area (Å²) < 4.78 is 11.7. The third kappa shape index (κ3) is 7.04. The van der Waals surface area contributed by atoms with Gasteiger partial charge in [0.2, 0.25) is 0 Å². The first-order valence-corrected chi connectivity index (χ1v) is 9.90. The normalized spacial score (nSPS) is 18.6. The Morgan fingerprint density at radius 1 is 1.44 bits per heavy atom. The zero-order valence-corrected chi connectivity index (χ0v) is 17.2. The van der Waals surface area contributed by atoms with Gasteiger partial charge in [0, 0.05) is 37.1 Å². The highest BCUT2D eigenvalue weighted by Crippen LogP contribution is 2.34. The lowest BCUT2D eigenvalue weighted by molar-refractivity contribution is -0.0260. The smallest absolute Gasteiger partial charge is 0.410 e. The minimum absolute atomic E-state index is 0.159. The zero-order chi connectivity index (χ0) is 19.9. The van der Waals surface area contributed by atoms with Crippen LogP contribution in [-0.4, -0.2) is 36.3 Å². The molecule has 1 saturated heterocycles. The van der Waals surface area contributed by atoms with Crippen molar-refractivity contribution in [1.82, 2.24) is 4.90 Å². The topological polar surface area (TPSA) is 62.6 Å². The van der Waals surface area contributed by atoms with Crippen LogP contribution in [0.15, 0.2) is 24.3 Å². The summed E-state index contributed by atoms with van der Waals surface area (Å²) >= 11 is 6.18. The third-order valence-electron chi connectivity index (χ3n) is 4.45. The highest BCUT2D eigenvalue weighted by molar-refractivity contribution is 6.30. The summed E-state index contributed by atoms with van der Waals surface area (Å²) in [6.45, 7) is 7.42. The van der Waals surface area contributed by atoms with Crippen LogP contribution in [0.4, 0.5) is 4.79 Å². The van der Waals surface area contributed by atoms with E-state index in [0.717, 1.165) is 18.4 Å². The van der Waals surface area contributed by atoms with Crippen LogP contribution in [0.3, 0.4) is 0 Å². The van der Waals surface area contributed by atoms with Crippen molar-refractivity contribution in [3.63, 3.8) is 0 Å². The van der Waals surface area contributed by atoms with Gasteiger partial charge in [-0.3, -0.25) is 0 Å². The molecule has 1 aromatic rings. The van der Waals surface area contributed by atoms with E-state index in [4.69, 9.17) is 26.3 Å². The van der Waals surface area contributed by atoms with Gasteiger partial charge in [-0.15, -0.1) is 0 Å². The Labute approximate surface area is 167 Å². The van der Waals surface area contributed by atoms with Crippen LogP contribution in [0, 0.1) is 17.2 Å². The number of benzene rings is 1. The average Bonchev–Trinajstić information content (AvgIpc) is 2.60. The van der Waals surface area contributed by atoms with Gasteiger partial charge in [-0.25, -0.2) is 4.79 Å². The van der Waals surface area contributed by atoms with Gasteiger partial charge < -0.3 is 14.4 Å². The number of hydrogen-bond donors (Lipinski definition) is 0. The summed E-state index contributed by atoms with van der Waals surface area (Å²) in [7, 11) is 0. The number of hydrogen-bond acceptors (Lipinski definition) is 4. The van der Waals surface area contributed by atoms with E-state index in [0.29, 0.717) is 37.6 Å². The standard InChI is InChI=1S/C21H29ClN2O3/c1-21(2,3)27-20(25)24-12-7-9-17(15-24)19(26-13-5-4-11-23)16-8-6-10-18(22)14-16/h6,8,10,14,17,19H,4-5,7,9,12-13,15H2,1-3H3/t17?,19-/m0/s1. The second-order valence-corrected chi connectivity index (χ2v) is 8.37. The van der Waals surface area contributed by atoms with Gasteiger partial charge in [0.05, 0.1) is 12.2 Å². The molecule has 0 saturated carbocycles. The highest BCUT2D eigenvalue weighted by Gasteiger charge is 2.33. The molecule has 1 aliphatic rings. The molecule has 1 fully saturated rings. The summed E-state index contributed by atoms with van der Waals surface area (Å²) in [5, 5.41) is 9.41. The molecule has 27 heavy (non-hydrogen) atoms. The Morgan fingerprint density at radius 2 is 2.22 bits per heavy atom. The Balaban J connectivity index is 2.11. The number of likely N-dealkylation sites (tertiary alicyclic amines) is 1. The third-order valence-corrected chi connectivity index (χ3v) is 4.68. The molecule has 148 valence electrons. The van der Waals surface area contributed by atoms with E-state index in [-0.39, 0.29) is 18.1 Å². The van der Waals surface area contributed by atoms with Crippen molar-refractivity contribution in [1.29, 1.82) is 5.26 Å². The molecular formula is C21H29ClN2O3. The molecule has 0 N–H and O–H groups in total. The summed E-state index contributed by atoms with van der Waals surface area (Å²) in [4.78, 5) is 14.3. The number of rotatable bonds is 6. The maximum absolute atomic E-state index is 12.5. The lowest BCUT2D eigenvalue weighted by Crippen LogP contribution is -2.44. The van der Waals surface area contributed by atoms with Crippen LogP contribution in [0.1, 0.15) is 58.1 Å². The number of ether oxygens (including phenoxy) is 2. The fourth-order valence-corrected chi connectivity index (χ4v) is 3.50. The van der Waals surface area contributed by atoms with Crippen LogP contribution in [0.5, 0.6) is 0 Å². The Bertz CT molecular complexity index is 666. The second kappa shape index (κ2) is 9.96. The molecule has 6 heteroatoms. The molecule has 0 aliphatic carbocycles. The Hall–Kier alpha value is -1.77. The van der Waals surface area contributed by atoms with Crippen molar-refractivity contribution in [2.45, 2.75) is 58.2 Å². The average molecular weight is 393 g/mol. The molecular weight excluding hydrogens is 364 g/mol. The number of amides is 1. The lowest BCUT2D eigenvalue weighted by atomic mass is 9.88. The Morgan fingerprint density at radius 3 is 2.89 bits per heavy atom. The van der Waals surface area contributed by atoms with Crippen molar-refractivity contribution in [3.8, 4) is 6.07 Å². The predicted octanol–water partition coefficient (Wildman–Crippen LogP) is 5.35. The van der Waals surface area contributed by atoms with Crippen molar-refractivity contribution in [3.05, 3.63) is 34.9 Å². The van der Waals surface area contributed by atoms with Gasteiger partial charge in [0.15, 0.2) is 0 Å². The van der Waals surface area contributed by atoms with Crippen molar-refractivity contribution >= 4 is 17.7 Å². The SMILES string of the molecule is CC(C)(C)OC(=O)N1CCCC([C@@H](OCCCC#N)c2cccc(Cl)c2)C1. The maximum Gasteiger partial charge on any atom is 0.410 e.